The van der Waals surface area contributed by atoms with Crippen molar-refractivity contribution in [1.82, 2.24) is 5.32 Å². The van der Waals surface area contributed by atoms with E-state index >= 15 is 0 Å². The smallest absolute Gasteiger partial charge is 0.337 e. The van der Waals surface area contributed by atoms with Crippen molar-refractivity contribution in [2.75, 3.05) is 18.2 Å². The van der Waals surface area contributed by atoms with Crippen LogP contribution in [0.4, 0.5) is 16.2 Å². The van der Waals surface area contributed by atoms with Gasteiger partial charge in [0, 0.05) is 17.9 Å². The summed E-state index contributed by atoms with van der Waals surface area (Å²) in [4.78, 5) is 23.1. The van der Waals surface area contributed by atoms with Crippen molar-refractivity contribution in [2.24, 2.45) is 0 Å². The summed E-state index contributed by atoms with van der Waals surface area (Å²) in [5.41, 5.74) is 8.22. The minimum atomic E-state index is -0.388. The number of carbonyl (C=O) groups is 2. The summed E-state index contributed by atoms with van der Waals surface area (Å²) < 4.78 is 4.62. The summed E-state index contributed by atoms with van der Waals surface area (Å²) in [6.07, 6.45) is 0. The molecule has 0 atom stereocenters. The third kappa shape index (κ3) is 4.24. The molecule has 22 heavy (non-hydrogen) atoms. The Bertz CT molecular complexity index is 651. The van der Waals surface area contributed by atoms with Crippen molar-refractivity contribution in [3.8, 4) is 0 Å². The largest absolute Gasteiger partial charge is 0.465 e. The zero-order valence-corrected chi connectivity index (χ0v) is 12.1. The van der Waals surface area contributed by atoms with Crippen LogP contribution in [0.3, 0.4) is 0 Å². The second-order valence-electron chi connectivity index (χ2n) is 4.62. The van der Waals surface area contributed by atoms with Crippen molar-refractivity contribution in [3.63, 3.8) is 0 Å². The van der Waals surface area contributed by atoms with Gasteiger partial charge in [-0.15, -0.1) is 0 Å². The molecule has 0 bridgehead atoms. The summed E-state index contributed by atoms with van der Waals surface area (Å²) in [6.45, 7) is 0.349. The molecule has 2 amide bonds. The molecule has 0 aliphatic carbocycles. The minimum Gasteiger partial charge on any atom is -0.465 e. The van der Waals surface area contributed by atoms with E-state index in [0.717, 1.165) is 5.56 Å². The van der Waals surface area contributed by atoms with Gasteiger partial charge in [-0.2, -0.15) is 0 Å². The Balaban J connectivity index is 1.85. The van der Waals surface area contributed by atoms with Crippen molar-refractivity contribution in [3.05, 3.63) is 59.7 Å². The number of nitrogen functional groups attached to an aromatic ring is 1. The first-order valence-corrected chi connectivity index (χ1v) is 6.66. The molecule has 0 aromatic heterocycles. The van der Waals surface area contributed by atoms with E-state index in [2.05, 4.69) is 15.4 Å². The van der Waals surface area contributed by atoms with Gasteiger partial charge in [0.05, 0.1) is 12.7 Å². The molecule has 0 fully saturated rings. The van der Waals surface area contributed by atoms with Gasteiger partial charge in [-0.3, -0.25) is 0 Å². The number of nitrogens with one attached hydrogen (secondary N) is 2. The van der Waals surface area contributed by atoms with Crippen LogP contribution in [-0.2, 0) is 11.3 Å². The topological polar surface area (TPSA) is 93.4 Å². The predicted molar refractivity (Wildman–Crippen MR) is 84.5 cm³/mol. The van der Waals surface area contributed by atoms with E-state index in [1.165, 1.54) is 7.11 Å². The van der Waals surface area contributed by atoms with E-state index in [1.54, 1.807) is 48.5 Å². The molecule has 0 saturated carbocycles. The fraction of sp³-hybridized carbons (Fsp3) is 0.125. The van der Waals surface area contributed by atoms with E-state index in [1.807, 2.05) is 0 Å². The van der Waals surface area contributed by atoms with Crippen LogP contribution < -0.4 is 16.4 Å². The molecule has 0 heterocycles. The highest BCUT2D eigenvalue weighted by Crippen LogP contribution is 2.10. The normalized spacial score (nSPS) is 9.86. The lowest BCUT2D eigenvalue weighted by Gasteiger charge is -2.08. The van der Waals surface area contributed by atoms with Crippen LogP contribution in [0.2, 0.25) is 0 Å². The van der Waals surface area contributed by atoms with Gasteiger partial charge in [-0.1, -0.05) is 12.1 Å². The van der Waals surface area contributed by atoms with Gasteiger partial charge in [0.2, 0.25) is 0 Å². The molecule has 0 radical (unpaired) electrons. The third-order valence-electron chi connectivity index (χ3n) is 3.00. The SMILES string of the molecule is COC(=O)c1ccc(CNC(=O)Nc2ccc(N)cc2)cc1. The Labute approximate surface area is 128 Å². The van der Waals surface area contributed by atoms with Crippen molar-refractivity contribution in [1.29, 1.82) is 0 Å². The van der Waals surface area contributed by atoms with Crippen LogP contribution >= 0.6 is 0 Å². The number of anilines is 2. The molecule has 2 aromatic carbocycles. The Morgan fingerprint density at radius 1 is 1.05 bits per heavy atom. The molecule has 6 heteroatoms. The van der Waals surface area contributed by atoms with Gasteiger partial charge < -0.3 is 21.1 Å². The average Bonchev–Trinajstić information content (AvgIpc) is 2.55. The lowest BCUT2D eigenvalue weighted by atomic mass is 10.1. The van der Waals surface area contributed by atoms with E-state index in [0.29, 0.717) is 23.5 Å². The number of ether oxygens (including phenoxy) is 1. The van der Waals surface area contributed by atoms with E-state index < -0.39 is 0 Å². The highest BCUT2D eigenvalue weighted by molar-refractivity contribution is 5.90. The lowest BCUT2D eigenvalue weighted by Crippen LogP contribution is -2.28. The molecule has 4 N–H and O–H groups in total. The highest BCUT2D eigenvalue weighted by atomic mass is 16.5. The van der Waals surface area contributed by atoms with Crippen molar-refractivity contribution in [2.45, 2.75) is 6.54 Å². The first-order chi connectivity index (χ1) is 10.6. The van der Waals surface area contributed by atoms with Gasteiger partial charge in [0.1, 0.15) is 0 Å². The third-order valence-corrected chi connectivity index (χ3v) is 3.00. The molecule has 0 spiro atoms. The molecule has 6 nitrogen and oxygen atoms in total. The lowest BCUT2D eigenvalue weighted by molar-refractivity contribution is 0.0600. The number of methoxy groups -OCH3 is 1. The quantitative estimate of drug-likeness (QED) is 0.597. The number of carbonyl (C=O) groups excluding carboxylic acids is 2. The first-order valence-electron chi connectivity index (χ1n) is 6.66. The zero-order valence-electron chi connectivity index (χ0n) is 12.1. The second kappa shape index (κ2) is 7.12. The molecule has 114 valence electrons. The molecular formula is C16H17N3O3. The summed E-state index contributed by atoms with van der Waals surface area (Å²) in [5.74, 6) is -0.388. The van der Waals surface area contributed by atoms with Crippen LogP contribution in [0.1, 0.15) is 15.9 Å². The highest BCUT2D eigenvalue weighted by Gasteiger charge is 2.05. The standard InChI is InChI=1S/C16H17N3O3/c1-22-15(20)12-4-2-11(3-5-12)10-18-16(21)19-14-8-6-13(17)7-9-14/h2-9H,10,17H2,1H3,(H2,18,19,21). The van der Waals surface area contributed by atoms with Crippen molar-refractivity contribution < 1.29 is 14.3 Å². The molecule has 2 aromatic rings. The monoisotopic (exact) mass is 299 g/mol. The number of amides is 2. The number of esters is 1. The van der Waals surface area contributed by atoms with Gasteiger partial charge in [0.25, 0.3) is 0 Å². The van der Waals surface area contributed by atoms with Crippen LogP contribution in [0, 0.1) is 0 Å². The number of benzene rings is 2. The minimum absolute atomic E-state index is 0.318. The number of hydrogen-bond donors (Lipinski definition) is 3. The second-order valence-corrected chi connectivity index (χ2v) is 4.62. The van der Waals surface area contributed by atoms with Crippen LogP contribution in [-0.4, -0.2) is 19.1 Å². The van der Waals surface area contributed by atoms with Gasteiger partial charge in [-0.05, 0) is 42.0 Å². The maximum absolute atomic E-state index is 11.8. The predicted octanol–water partition coefficient (Wildman–Crippen LogP) is 2.38. The Morgan fingerprint density at radius 3 is 2.27 bits per heavy atom. The molecular weight excluding hydrogens is 282 g/mol. The summed E-state index contributed by atoms with van der Waals surface area (Å²) in [6, 6.07) is 13.4. The fourth-order valence-electron chi connectivity index (χ4n) is 1.80. The Kier molecular flexibility index (Phi) is 4.98. The van der Waals surface area contributed by atoms with Crippen LogP contribution in [0.5, 0.6) is 0 Å². The van der Waals surface area contributed by atoms with Crippen LogP contribution in [0.15, 0.2) is 48.5 Å². The fourth-order valence-corrected chi connectivity index (χ4v) is 1.80. The number of hydrogen-bond acceptors (Lipinski definition) is 4. The van der Waals surface area contributed by atoms with E-state index in [9.17, 15) is 9.59 Å². The zero-order chi connectivity index (χ0) is 15.9. The molecule has 0 aliphatic heterocycles. The van der Waals surface area contributed by atoms with Gasteiger partial charge in [-0.25, -0.2) is 9.59 Å². The van der Waals surface area contributed by atoms with Gasteiger partial charge in [0.15, 0.2) is 0 Å². The molecule has 2 rings (SSSR count). The Morgan fingerprint density at radius 2 is 1.68 bits per heavy atom. The molecule has 0 unspecified atom stereocenters. The maximum Gasteiger partial charge on any atom is 0.337 e. The first kappa shape index (κ1) is 15.4. The summed E-state index contributed by atoms with van der Waals surface area (Å²) in [5, 5.41) is 5.43. The van der Waals surface area contributed by atoms with Gasteiger partial charge >= 0.3 is 12.0 Å². The number of urea groups is 1. The molecule has 0 aliphatic rings. The van der Waals surface area contributed by atoms with Crippen LogP contribution in [0.25, 0.3) is 0 Å². The average molecular weight is 299 g/mol. The number of nitrogens with two attached hydrogens (primary N) is 1. The summed E-state index contributed by atoms with van der Waals surface area (Å²) in [7, 11) is 1.33. The molecule has 0 saturated heterocycles. The van der Waals surface area contributed by atoms with E-state index in [4.69, 9.17) is 5.73 Å². The number of rotatable bonds is 4. The van der Waals surface area contributed by atoms with Crippen molar-refractivity contribution >= 4 is 23.4 Å². The summed E-state index contributed by atoms with van der Waals surface area (Å²) >= 11 is 0. The van der Waals surface area contributed by atoms with E-state index in [-0.39, 0.29) is 12.0 Å². The Hall–Kier alpha value is -3.02. The maximum atomic E-state index is 11.8.